The molecule has 0 atom stereocenters. The van der Waals surface area contributed by atoms with E-state index in [1.807, 2.05) is 43.1 Å². The van der Waals surface area contributed by atoms with Crippen LogP contribution in [-0.4, -0.2) is 60.0 Å². The first-order valence-electron chi connectivity index (χ1n) is 9.20. The van der Waals surface area contributed by atoms with E-state index in [1.165, 1.54) is 0 Å². The molecule has 1 aliphatic heterocycles. The lowest BCUT2D eigenvalue weighted by molar-refractivity contribution is 0.0665. The summed E-state index contributed by atoms with van der Waals surface area (Å²) in [6, 6.07) is 14.5. The summed E-state index contributed by atoms with van der Waals surface area (Å²) in [5.41, 5.74) is 2.65. The van der Waals surface area contributed by atoms with E-state index < -0.39 is 0 Å². The van der Waals surface area contributed by atoms with Crippen molar-refractivity contribution in [3.8, 4) is 0 Å². The molecule has 0 unspecified atom stereocenters. The minimum Gasteiger partial charge on any atom is -0.336 e. The fraction of sp³-hybridized carbons (Fsp3) is 0.286. The third-order valence-electron chi connectivity index (χ3n) is 4.70. The number of aryl methyl sites for hydroxylation is 1. The van der Waals surface area contributed by atoms with Crippen LogP contribution in [0.2, 0.25) is 0 Å². The van der Waals surface area contributed by atoms with Gasteiger partial charge in [0, 0.05) is 31.7 Å². The third-order valence-corrected chi connectivity index (χ3v) is 4.91. The maximum Gasteiger partial charge on any atom is 0.257 e. The zero-order chi connectivity index (χ0) is 20.1. The number of amides is 2. The number of anilines is 1. The summed E-state index contributed by atoms with van der Waals surface area (Å²) in [5, 5.41) is 5.83. The highest BCUT2D eigenvalue weighted by molar-refractivity contribution is 7.80. The van der Waals surface area contributed by atoms with Crippen LogP contribution in [-0.2, 0) is 0 Å². The number of piperazine rings is 1. The molecule has 0 aromatic heterocycles. The van der Waals surface area contributed by atoms with E-state index in [0.717, 1.165) is 18.7 Å². The maximum absolute atomic E-state index is 12.9. The Kier molecular flexibility index (Phi) is 6.38. The van der Waals surface area contributed by atoms with E-state index >= 15 is 0 Å². The molecule has 2 N–H and O–H groups in total. The summed E-state index contributed by atoms with van der Waals surface area (Å²) >= 11 is 5.29. The van der Waals surface area contributed by atoms with Crippen molar-refractivity contribution >= 4 is 34.8 Å². The van der Waals surface area contributed by atoms with Crippen LogP contribution in [0.4, 0.5) is 5.69 Å². The van der Waals surface area contributed by atoms with Gasteiger partial charge in [-0.05, 0) is 50.5 Å². The van der Waals surface area contributed by atoms with Crippen molar-refractivity contribution in [2.45, 2.75) is 6.92 Å². The minimum absolute atomic E-state index is 0.0380. The van der Waals surface area contributed by atoms with E-state index in [1.54, 1.807) is 24.3 Å². The Balaban J connectivity index is 1.68. The van der Waals surface area contributed by atoms with E-state index in [2.05, 4.69) is 15.5 Å². The summed E-state index contributed by atoms with van der Waals surface area (Å²) in [6.45, 7) is 5.02. The molecule has 2 aromatic rings. The fourth-order valence-corrected chi connectivity index (χ4v) is 3.28. The monoisotopic (exact) mass is 396 g/mol. The van der Waals surface area contributed by atoms with Crippen molar-refractivity contribution in [3.63, 3.8) is 0 Å². The Bertz CT molecular complexity index is 891. The number of likely N-dealkylation sites (N-methyl/N-ethyl adjacent to an activating group) is 1. The smallest absolute Gasteiger partial charge is 0.257 e. The van der Waals surface area contributed by atoms with Gasteiger partial charge < -0.3 is 15.1 Å². The largest absolute Gasteiger partial charge is 0.336 e. The third kappa shape index (κ3) is 4.94. The molecule has 1 saturated heterocycles. The summed E-state index contributed by atoms with van der Waals surface area (Å²) < 4.78 is 0. The molecule has 1 fully saturated rings. The molecule has 1 aliphatic rings. The molecule has 0 saturated carbocycles. The van der Waals surface area contributed by atoms with Crippen molar-refractivity contribution < 1.29 is 9.59 Å². The quantitative estimate of drug-likeness (QED) is 0.781. The van der Waals surface area contributed by atoms with Crippen LogP contribution < -0.4 is 10.6 Å². The van der Waals surface area contributed by atoms with Crippen LogP contribution in [0.15, 0.2) is 48.5 Å². The lowest BCUT2D eigenvalue weighted by Crippen LogP contribution is -2.47. The van der Waals surface area contributed by atoms with Gasteiger partial charge in [0.15, 0.2) is 5.11 Å². The second-order valence-electron chi connectivity index (χ2n) is 6.92. The first kappa shape index (κ1) is 20.0. The number of nitrogens with one attached hydrogen (secondary N) is 2. The lowest BCUT2D eigenvalue weighted by Gasteiger charge is -2.32. The van der Waals surface area contributed by atoms with Crippen LogP contribution in [0.5, 0.6) is 0 Å². The van der Waals surface area contributed by atoms with Gasteiger partial charge in [0.2, 0.25) is 0 Å². The topological polar surface area (TPSA) is 64.7 Å². The SMILES string of the molecule is Cc1cccc(C(=O)NC(=S)Nc2ccccc2C(=O)N2CCN(C)CC2)c1. The van der Waals surface area contributed by atoms with Gasteiger partial charge in [0.25, 0.3) is 11.8 Å². The Hall–Kier alpha value is -2.77. The summed E-state index contributed by atoms with van der Waals surface area (Å²) in [7, 11) is 2.05. The van der Waals surface area contributed by atoms with Crippen LogP contribution in [0.3, 0.4) is 0 Å². The second kappa shape index (κ2) is 8.95. The fourth-order valence-electron chi connectivity index (χ4n) is 3.07. The lowest BCUT2D eigenvalue weighted by atomic mass is 10.1. The first-order valence-corrected chi connectivity index (χ1v) is 9.61. The van der Waals surface area contributed by atoms with E-state index in [4.69, 9.17) is 12.2 Å². The molecule has 0 bridgehead atoms. The van der Waals surface area contributed by atoms with Crippen LogP contribution in [0.25, 0.3) is 0 Å². The Morgan fingerprint density at radius 1 is 1.00 bits per heavy atom. The van der Waals surface area contributed by atoms with Crippen LogP contribution >= 0.6 is 12.2 Å². The molecule has 2 amide bonds. The molecular formula is C21H24N4O2S. The summed E-state index contributed by atoms with van der Waals surface area (Å²) in [5.74, 6) is -0.326. The van der Waals surface area contributed by atoms with Gasteiger partial charge in [-0.15, -0.1) is 0 Å². The number of hydrogen-bond donors (Lipinski definition) is 2. The Labute approximate surface area is 170 Å². The Morgan fingerprint density at radius 3 is 2.43 bits per heavy atom. The summed E-state index contributed by atoms with van der Waals surface area (Å²) in [4.78, 5) is 29.3. The maximum atomic E-state index is 12.9. The van der Waals surface area contributed by atoms with Gasteiger partial charge in [0.1, 0.15) is 0 Å². The number of carbonyl (C=O) groups excluding carboxylic acids is 2. The number of carbonyl (C=O) groups is 2. The number of rotatable bonds is 3. The van der Waals surface area contributed by atoms with Crippen molar-refractivity contribution in [2.24, 2.45) is 0 Å². The number of thiocarbonyl (C=S) groups is 1. The number of para-hydroxylation sites is 1. The predicted octanol–water partition coefficient (Wildman–Crippen LogP) is 2.51. The van der Waals surface area contributed by atoms with Crippen molar-refractivity contribution in [2.75, 3.05) is 38.5 Å². The second-order valence-corrected chi connectivity index (χ2v) is 7.33. The molecule has 0 spiro atoms. The van der Waals surface area contributed by atoms with Gasteiger partial charge in [-0.2, -0.15) is 0 Å². The molecule has 0 radical (unpaired) electrons. The first-order chi connectivity index (χ1) is 13.4. The predicted molar refractivity (Wildman–Crippen MR) is 115 cm³/mol. The number of nitrogens with zero attached hydrogens (tertiary/aromatic N) is 2. The highest BCUT2D eigenvalue weighted by Crippen LogP contribution is 2.18. The standard InChI is InChI=1S/C21H24N4O2S/c1-15-6-5-7-16(14-15)19(26)23-21(28)22-18-9-4-3-8-17(18)20(27)25-12-10-24(2)11-13-25/h3-9,14H,10-13H2,1-2H3,(H2,22,23,26,28). The molecule has 6 nitrogen and oxygen atoms in total. The van der Waals surface area contributed by atoms with Gasteiger partial charge in [-0.3, -0.25) is 14.9 Å². The average Bonchev–Trinajstić information content (AvgIpc) is 2.68. The minimum atomic E-state index is -0.288. The van der Waals surface area contributed by atoms with Crippen molar-refractivity contribution in [1.29, 1.82) is 0 Å². The molecular weight excluding hydrogens is 372 g/mol. The van der Waals surface area contributed by atoms with Gasteiger partial charge >= 0.3 is 0 Å². The molecule has 146 valence electrons. The molecule has 1 heterocycles. The van der Waals surface area contributed by atoms with Crippen molar-refractivity contribution in [3.05, 3.63) is 65.2 Å². The number of hydrogen-bond acceptors (Lipinski definition) is 4. The highest BCUT2D eigenvalue weighted by atomic mass is 32.1. The van der Waals surface area contributed by atoms with Gasteiger partial charge in [-0.25, -0.2) is 0 Å². The average molecular weight is 397 g/mol. The highest BCUT2D eigenvalue weighted by Gasteiger charge is 2.22. The zero-order valence-corrected chi connectivity index (χ0v) is 16.9. The zero-order valence-electron chi connectivity index (χ0n) is 16.1. The molecule has 28 heavy (non-hydrogen) atoms. The normalized spacial score (nSPS) is 14.4. The number of benzene rings is 2. The molecule has 3 rings (SSSR count). The van der Waals surface area contributed by atoms with Crippen LogP contribution in [0.1, 0.15) is 26.3 Å². The Morgan fingerprint density at radius 2 is 1.71 bits per heavy atom. The molecule has 0 aliphatic carbocycles. The summed E-state index contributed by atoms with van der Waals surface area (Å²) in [6.07, 6.45) is 0. The van der Waals surface area contributed by atoms with E-state index in [9.17, 15) is 9.59 Å². The molecule has 7 heteroatoms. The van der Waals surface area contributed by atoms with Gasteiger partial charge in [-0.1, -0.05) is 29.8 Å². The van der Waals surface area contributed by atoms with Crippen molar-refractivity contribution in [1.82, 2.24) is 15.1 Å². The van der Waals surface area contributed by atoms with E-state index in [0.29, 0.717) is 29.9 Å². The van der Waals surface area contributed by atoms with Gasteiger partial charge in [0.05, 0.1) is 11.3 Å². The van der Waals surface area contributed by atoms with Crippen LogP contribution in [0, 0.1) is 6.92 Å². The molecule has 2 aromatic carbocycles. The van der Waals surface area contributed by atoms with E-state index in [-0.39, 0.29) is 16.9 Å².